The van der Waals surface area contributed by atoms with Crippen LogP contribution in [0.1, 0.15) is 58.9 Å². The second-order valence-corrected chi connectivity index (χ2v) is 11.0. The van der Waals surface area contributed by atoms with Crippen molar-refractivity contribution in [3.05, 3.63) is 58.0 Å². The fourth-order valence-electron chi connectivity index (χ4n) is 5.82. The van der Waals surface area contributed by atoms with E-state index in [1.165, 1.54) is 5.56 Å². The van der Waals surface area contributed by atoms with Gasteiger partial charge in [0.2, 0.25) is 5.91 Å². The smallest absolute Gasteiger partial charge is 0.253 e. The summed E-state index contributed by atoms with van der Waals surface area (Å²) in [7, 11) is 0. The Balaban J connectivity index is 1.41. The Morgan fingerprint density at radius 2 is 1.90 bits per heavy atom. The molecule has 1 atom stereocenters. The van der Waals surface area contributed by atoms with Crippen LogP contribution < -0.4 is 10.2 Å². The van der Waals surface area contributed by atoms with Gasteiger partial charge in [-0.25, -0.2) is 4.98 Å². The zero-order valence-electron chi connectivity index (χ0n) is 24.3. The lowest BCUT2D eigenvalue weighted by molar-refractivity contribution is -0.127. The molecule has 0 radical (unpaired) electrons. The average Bonchev–Trinajstić information content (AvgIpc) is 3.00. The number of anilines is 1. The number of nitrogens with zero attached hydrogens (tertiary/aromatic N) is 5. The van der Waals surface area contributed by atoms with Gasteiger partial charge in [0.25, 0.3) is 5.91 Å². The number of carbonyl (C=O) groups is 2. The zero-order chi connectivity index (χ0) is 28.2. The minimum Gasteiger partial charge on any atom is -0.381 e. The van der Waals surface area contributed by atoms with Gasteiger partial charge in [0.05, 0.1) is 17.8 Å². The highest BCUT2D eigenvalue weighted by atomic mass is 16.5. The number of hydrogen-bond donors (Lipinski definition) is 1. The molecule has 9 heteroatoms. The van der Waals surface area contributed by atoms with Gasteiger partial charge >= 0.3 is 0 Å². The number of aromatic nitrogens is 1. The third kappa shape index (κ3) is 5.70. The highest BCUT2D eigenvalue weighted by Crippen LogP contribution is 2.36. The first-order valence-corrected chi connectivity index (χ1v) is 14.8. The van der Waals surface area contributed by atoms with Crippen molar-refractivity contribution in [2.75, 3.05) is 44.3 Å². The van der Waals surface area contributed by atoms with E-state index in [0.717, 1.165) is 67.0 Å². The van der Waals surface area contributed by atoms with Gasteiger partial charge in [0, 0.05) is 74.9 Å². The minimum absolute atomic E-state index is 0.0453. The predicted molar refractivity (Wildman–Crippen MR) is 157 cm³/mol. The van der Waals surface area contributed by atoms with Crippen LogP contribution in [0.25, 0.3) is 0 Å². The summed E-state index contributed by atoms with van der Waals surface area (Å²) < 4.78 is 5.60. The van der Waals surface area contributed by atoms with Crippen molar-refractivity contribution < 1.29 is 14.3 Å². The van der Waals surface area contributed by atoms with Crippen LogP contribution in [-0.2, 0) is 20.7 Å². The molecular formula is C31H42N6O3. The van der Waals surface area contributed by atoms with Gasteiger partial charge in [-0.3, -0.25) is 14.6 Å². The van der Waals surface area contributed by atoms with E-state index in [2.05, 4.69) is 41.2 Å². The lowest BCUT2D eigenvalue weighted by Gasteiger charge is -2.41. The van der Waals surface area contributed by atoms with Gasteiger partial charge in [-0.05, 0) is 57.2 Å². The van der Waals surface area contributed by atoms with Gasteiger partial charge in [-0.1, -0.05) is 25.5 Å². The predicted octanol–water partition coefficient (Wildman–Crippen LogP) is 3.59. The van der Waals surface area contributed by atoms with Crippen molar-refractivity contribution in [2.45, 2.75) is 71.9 Å². The van der Waals surface area contributed by atoms with Crippen LogP contribution in [0.5, 0.6) is 0 Å². The number of nitrogens with one attached hydrogen (secondary N) is 1. The van der Waals surface area contributed by atoms with Crippen LogP contribution in [0, 0.1) is 0 Å². The van der Waals surface area contributed by atoms with Gasteiger partial charge in [-0.2, -0.15) is 5.10 Å². The Hall–Kier alpha value is -3.46. The quantitative estimate of drug-likeness (QED) is 0.549. The van der Waals surface area contributed by atoms with E-state index in [0.29, 0.717) is 38.3 Å². The topological polar surface area (TPSA) is 90.4 Å². The summed E-state index contributed by atoms with van der Waals surface area (Å²) in [4.78, 5) is 35.9. The number of ether oxygens (including phenoxy) is 1. The maximum absolute atomic E-state index is 14.0. The van der Waals surface area contributed by atoms with Crippen LogP contribution in [-0.4, -0.2) is 84.4 Å². The van der Waals surface area contributed by atoms with Crippen molar-refractivity contribution in [3.63, 3.8) is 0 Å². The Morgan fingerprint density at radius 3 is 2.55 bits per heavy atom. The monoisotopic (exact) mass is 546 g/mol. The SMILES string of the molecule is CC/C(C)=C(\C=C1\C2=C(CC=NN2C2CCOCC2)C(=O)NC1C)C(=O)N1CCN(c2ccc(CC)cn2)CC1. The number of rotatable bonds is 6. The summed E-state index contributed by atoms with van der Waals surface area (Å²) in [5.74, 6) is 0.955. The summed E-state index contributed by atoms with van der Waals surface area (Å²) in [5.41, 5.74) is 5.52. The van der Waals surface area contributed by atoms with Crippen molar-refractivity contribution in [1.82, 2.24) is 20.2 Å². The lowest BCUT2D eigenvalue weighted by atomic mass is 9.89. The summed E-state index contributed by atoms with van der Waals surface area (Å²) in [6.07, 6.45) is 9.73. The van der Waals surface area contributed by atoms with Gasteiger partial charge in [-0.15, -0.1) is 0 Å². The molecule has 1 aromatic rings. The third-order valence-corrected chi connectivity index (χ3v) is 8.54. The average molecular weight is 547 g/mol. The molecule has 2 amide bonds. The van der Waals surface area contributed by atoms with E-state index in [1.54, 1.807) is 0 Å². The summed E-state index contributed by atoms with van der Waals surface area (Å²) >= 11 is 0. The molecule has 2 saturated heterocycles. The van der Waals surface area contributed by atoms with Crippen molar-refractivity contribution in [1.29, 1.82) is 0 Å². The van der Waals surface area contributed by atoms with E-state index in [9.17, 15) is 9.59 Å². The van der Waals surface area contributed by atoms with Crippen LogP contribution >= 0.6 is 0 Å². The highest BCUT2D eigenvalue weighted by molar-refractivity contribution is 6.01. The van der Waals surface area contributed by atoms with E-state index in [4.69, 9.17) is 9.84 Å². The second-order valence-electron chi connectivity index (χ2n) is 11.0. The largest absolute Gasteiger partial charge is 0.381 e. The van der Waals surface area contributed by atoms with E-state index < -0.39 is 0 Å². The number of piperazine rings is 1. The lowest BCUT2D eigenvalue weighted by Crippen LogP contribution is -2.50. The molecule has 40 heavy (non-hydrogen) atoms. The molecule has 5 heterocycles. The highest BCUT2D eigenvalue weighted by Gasteiger charge is 2.37. The number of carbonyl (C=O) groups excluding carboxylic acids is 2. The molecule has 214 valence electrons. The molecule has 4 aliphatic rings. The molecular weight excluding hydrogens is 504 g/mol. The van der Waals surface area contributed by atoms with Gasteiger partial charge in [0.1, 0.15) is 5.82 Å². The number of aryl methyl sites for hydroxylation is 1. The molecule has 1 N–H and O–H groups in total. The molecule has 0 bridgehead atoms. The molecule has 0 saturated carbocycles. The normalized spacial score (nSPS) is 23.8. The molecule has 2 fully saturated rings. The molecule has 9 nitrogen and oxygen atoms in total. The van der Waals surface area contributed by atoms with E-state index >= 15 is 0 Å². The number of hydrazone groups is 1. The Bertz CT molecular complexity index is 1230. The minimum atomic E-state index is -0.233. The summed E-state index contributed by atoms with van der Waals surface area (Å²) in [6.45, 7) is 12.4. The Kier molecular flexibility index (Phi) is 8.69. The van der Waals surface area contributed by atoms with Crippen LogP contribution in [0.3, 0.4) is 0 Å². The Labute approximate surface area is 237 Å². The standard InChI is InChI=1S/C31H42N6O3/c1-5-21(3)26(31(39)36-15-13-35(14-16-36)28-8-7-23(6-2)20-32-28)19-27-22(4)34-30(38)25-9-12-33-37(29(25)27)24-10-17-40-18-11-24/h7-8,12,19-20,22,24H,5-6,9-11,13-18H2,1-4H3,(H,34,38)/b26-21+,27-19+. The maximum Gasteiger partial charge on any atom is 0.253 e. The van der Waals surface area contributed by atoms with Crippen molar-refractivity contribution >= 4 is 23.8 Å². The van der Waals surface area contributed by atoms with Gasteiger partial charge in [0.15, 0.2) is 0 Å². The van der Waals surface area contributed by atoms with E-state index in [-0.39, 0.29) is 23.9 Å². The fraction of sp³-hybridized carbons (Fsp3) is 0.548. The molecule has 0 spiro atoms. The third-order valence-electron chi connectivity index (χ3n) is 8.54. The van der Waals surface area contributed by atoms with Crippen LogP contribution in [0.2, 0.25) is 0 Å². The molecule has 0 aliphatic carbocycles. The number of pyridine rings is 1. The Morgan fingerprint density at radius 1 is 1.15 bits per heavy atom. The second kappa shape index (κ2) is 12.4. The van der Waals surface area contributed by atoms with Crippen molar-refractivity contribution in [3.8, 4) is 0 Å². The first-order valence-electron chi connectivity index (χ1n) is 14.8. The molecule has 1 unspecified atom stereocenters. The molecule has 5 rings (SSSR count). The van der Waals surface area contributed by atoms with Gasteiger partial charge < -0.3 is 19.9 Å². The van der Waals surface area contributed by atoms with Crippen LogP contribution in [0.15, 0.2) is 57.5 Å². The number of hydrogen-bond acceptors (Lipinski definition) is 7. The molecule has 1 aromatic heterocycles. The maximum atomic E-state index is 14.0. The first-order chi connectivity index (χ1) is 19.4. The molecule has 0 aromatic carbocycles. The fourth-order valence-corrected chi connectivity index (χ4v) is 5.82. The van der Waals surface area contributed by atoms with Crippen molar-refractivity contribution in [2.24, 2.45) is 5.10 Å². The first kappa shape index (κ1) is 28.1. The van der Waals surface area contributed by atoms with E-state index in [1.807, 2.05) is 42.2 Å². The van der Waals surface area contributed by atoms with Crippen LogP contribution in [0.4, 0.5) is 5.82 Å². The summed E-state index contributed by atoms with van der Waals surface area (Å²) in [5, 5.41) is 9.92. The number of amides is 2. The molecule has 4 aliphatic heterocycles. The zero-order valence-corrected chi connectivity index (χ0v) is 24.3. The number of allylic oxidation sites excluding steroid dienone is 1. The summed E-state index contributed by atoms with van der Waals surface area (Å²) in [6, 6.07) is 4.14.